The van der Waals surface area contributed by atoms with Crippen molar-refractivity contribution in [1.29, 1.82) is 0 Å². The van der Waals surface area contributed by atoms with E-state index in [1.807, 2.05) is 55.5 Å². The molecule has 0 spiro atoms. The van der Waals surface area contributed by atoms with E-state index in [1.54, 1.807) is 17.3 Å². The van der Waals surface area contributed by atoms with Crippen LogP contribution in [0.4, 0.5) is 11.4 Å². The molecule has 0 bridgehead atoms. The number of para-hydroxylation sites is 1. The molecule has 1 aromatic heterocycles. The third-order valence-electron chi connectivity index (χ3n) is 4.36. The molecular formula is C22H23N3O. The average Bonchev–Trinajstić information content (AvgIpc) is 2.69. The molecule has 3 aromatic rings. The molecular weight excluding hydrogens is 322 g/mol. The summed E-state index contributed by atoms with van der Waals surface area (Å²) in [7, 11) is 0. The number of carbonyl (C=O) groups excluding carboxylic acids is 1. The summed E-state index contributed by atoms with van der Waals surface area (Å²) in [5.74, 6) is -0.0502. The van der Waals surface area contributed by atoms with Crippen molar-refractivity contribution in [2.24, 2.45) is 0 Å². The summed E-state index contributed by atoms with van der Waals surface area (Å²) < 4.78 is 0. The number of benzene rings is 2. The van der Waals surface area contributed by atoms with Crippen LogP contribution in [0.1, 0.15) is 28.4 Å². The SMILES string of the molecule is CCN(C(=O)c1cncc(NCc2ccccc2C)c1)c1ccccc1. The van der Waals surface area contributed by atoms with E-state index in [0.29, 0.717) is 18.7 Å². The van der Waals surface area contributed by atoms with Crippen molar-refractivity contribution in [3.63, 3.8) is 0 Å². The fraction of sp³-hybridized carbons (Fsp3) is 0.182. The predicted octanol–water partition coefficient (Wildman–Crippen LogP) is 4.67. The third-order valence-corrected chi connectivity index (χ3v) is 4.36. The van der Waals surface area contributed by atoms with Crippen molar-refractivity contribution in [2.75, 3.05) is 16.8 Å². The average molecular weight is 345 g/mol. The molecule has 0 saturated heterocycles. The Balaban J connectivity index is 1.76. The molecule has 1 amide bonds. The highest BCUT2D eigenvalue weighted by Crippen LogP contribution is 2.18. The number of hydrogen-bond donors (Lipinski definition) is 1. The summed E-state index contributed by atoms with van der Waals surface area (Å²) in [6, 6.07) is 19.8. The summed E-state index contributed by atoms with van der Waals surface area (Å²) in [4.78, 5) is 18.9. The Morgan fingerprint density at radius 2 is 1.77 bits per heavy atom. The van der Waals surface area contributed by atoms with E-state index >= 15 is 0 Å². The Morgan fingerprint density at radius 1 is 1.04 bits per heavy atom. The van der Waals surface area contributed by atoms with Gasteiger partial charge in [-0.2, -0.15) is 0 Å². The van der Waals surface area contributed by atoms with Crippen LogP contribution in [0.15, 0.2) is 73.1 Å². The largest absolute Gasteiger partial charge is 0.380 e. The smallest absolute Gasteiger partial charge is 0.259 e. The number of aromatic nitrogens is 1. The maximum Gasteiger partial charge on any atom is 0.259 e. The number of carbonyl (C=O) groups is 1. The quantitative estimate of drug-likeness (QED) is 0.706. The topological polar surface area (TPSA) is 45.2 Å². The molecule has 0 aliphatic rings. The number of hydrogen-bond acceptors (Lipinski definition) is 3. The molecule has 26 heavy (non-hydrogen) atoms. The zero-order valence-electron chi connectivity index (χ0n) is 15.1. The fourth-order valence-electron chi connectivity index (χ4n) is 2.87. The van der Waals surface area contributed by atoms with E-state index in [4.69, 9.17) is 0 Å². The summed E-state index contributed by atoms with van der Waals surface area (Å²) in [6.07, 6.45) is 3.36. The van der Waals surface area contributed by atoms with E-state index in [-0.39, 0.29) is 5.91 Å². The fourth-order valence-corrected chi connectivity index (χ4v) is 2.87. The van der Waals surface area contributed by atoms with Gasteiger partial charge in [0.25, 0.3) is 5.91 Å². The van der Waals surface area contributed by atoms with Crippen LogP contribution in [0.25, 0.3) is 0 Å². The molecule has 1 N–H and O–H groups in total. The first-order valence-corrected chi connectivity index (χ1v) is 8.79. The minimum Gasteiger partial charge on any atom is -0.380 e. The molecule has 132 valence electrons. The second kappa shape index (κ2) is 8.30. The minimum atomic E-state index is -0.0502. The van der Waals surface area contributed by atoms with Gasteiger partial charge in [-0.3, -0.25) is 9.78 Å². The first-order valence-electron chi connectivity index (χ1n) is 8.79. The monoisotopic (exact) mass is 345 g/mol. The number of rotatable bonds is 6. The Labute approximate surface area is 154 Å². The van der Waals surface area contributed by atoms with E-state index in [2.05, 4.69) is 29.4 Å². The van der Waals surface area contributed by atoms with E-state index in [1.165, 1.54) is 11.1 Å². The van der Waals surface area contributed by atoms with Crippen LogP contribution in [-0.2, 0) is 6.54 Å². The van der Waals surface area contributed by atoms with Gasteiger partial charge in [0.2, 0.25) is 0 Å². The second-order valence-corrected chi connectivity index (χ2v) is 6.13. The number of anilines is 2. The number of aryl methyl sites for hydroxylation is 1. The molecule has 0 fully saturated rings. The Kier molecular flexibility index (Phi) is 5.64. The number of amides is 1. The minimum absolute atomic E-state index is 0.0502. The van der Waals surface area contributed by atoms with Crippen molar-refractivity contribution in [3.05, 3.63) is 89.7 Å². The molecule has 0 atom stereocenters. The molecule has 4 nitrogen and oxygen atoms in total. The highest BCUT2D eigenvalue weighted by Gasteiger charge is 2.16. The first-order chi connectivity index (χ1) is 12.7. The van der Waals surface area contributed by atoms with Gasteiger partial charge in [-0.1, -0.05) is 42.5 Å². The van der Waals surface area contributed by atoms with E-state index in [9.17, 15) is 4.79 Å². The van der Waals surface area contributed by atoms with E-state index in [0.717, 1.165) is 11.4 Å². The normalized spacial score (nSPS) is 10.4. The van der Waals surface area contributed by atoms with Crippen molar-refractivity contribution in [1.82, 2.24) is 4.98 Å². The van der Waals surface area contributed by atoms with Crippen LogP contribution in [0.3, 0.4) is 0 Å². The third kappa shape index (κ3) is 4.09. The van der Waals surface area contributed by atoms with Crippen LogP contribution in [0.5, 0.6) is 0 Å². The molecule has 0 aliphatic carbocycles. The lowest BCUT2D eigenvalue weighted by atomic mass is 10.1. The molecule has 1 heterocycles. The van der Waals surface area contributed by atoms with Crippen LogP contribution in [0.2, 0.25) is 0 Å². The summed E-state index contributed by atoms with van der Waals surface area (Å²) in [5.41, 5.74) is 4.76. The van der Waals surface area contributed by atoms with E-state index < -0.39 is 0 Å². The van der Waals surface area contributed by atoms with Crippen LogP contribution >= 0.6 is 0 Å². The standard InChI is InChI=1S/C22H23N3O/c1-3-25(21-11-5-4-6-12-21)22(26)19-13-20(16-23-14-19)24-15-18-10-8-7-9-17(18)2/h4-14,16,24H,3,15H2,1-2H3. The Bertz CT molecular complexity index is 877. The molecule has 0 aliphatic heterocycles. The zero-order valence-corrected chi connectivity index (χ0v) is 15.1. The van der Waals surface area contributed by atoms with Crippen LogP contribution < -0.4 is 10.2 Å². The highest BCUT2D eigenvalue weighted by molar-refractivity contribution is 6.06. The van der Waals surface area contributed by atoms with Gasteiger partial charge in [0.05, 0.1) is 11.3 Å². The Hall–Kier alpha value is -3.14. The molecule has 3 rings (SSSR count). The van der Waals surface area contributed by atoms with Gasteiger partial charge in [-0.15, -0.1) is 0 Å². The maximum absolute atomic E-state index is 12.9. The van der Waals surface area contributed by atoms with Gasteiger partial charge >= 0.3 is 0 Å². The predicted molar refractivity (Wildman–Crippen MR) is 107 cm³/mol. The Morgan fingerprint density at radius 3 is 2.50 bits per heavy atom. The van der Waals surface area contributed by atoms with Crippen molar-refractivity contribution >= 4 is 17.3 Å². The van der Waals surface area contributed by atoms with Crippen molar-refractivity contribution in [3.8, 4) is 0 Å². The molecule has 4 heteroatoms. The molecule has 0 radical (unpaired) electrons. The van der Waals surface area contributed by atoms with Gasteiger partial charge in [0.15, 0.2) is 0 Å². The van der Waals surface area contributed by atoms with Gasteiger partial charge in [0, 0.05) is 31.2 Å². The number of pyridine rings is 1. The van der Waals surface area contributed by atoms with Gasteiger partial charge < -0.3 is 10.2 Å². The molecule has 0 saturated carbocycles. The van der Waals surface area contributed by atoms with Crippen LogP contribution in [-0.4, -0.2) is 17.4 Å². The lowest BCUT2D eigenvalue weighted by Crippen LogP contribution is -2.30. The highest BCUT2D eigenvalue weighted by atomic mass is 16.2. The van der Waals surface area contributed by atoms with Gasteiger partial charge in [-0.05, 0) is 43.2 Å². The lowest BCUT2D eigenvalue weighted by molar-refractivity contribution is 0.0988. The summed E-state index contributed by atoms with van der Waals surface area (Å²) >= 11 is 0. The summed E-state index contributed by atoms with van der Waals surface area (Å²) in [6.45, 7) is 5.36. The van der Waals surface area contributed by atoms with Gasteiger partial charge in [0.1, 0.15) is 0 Å². The number of nitrogens with zero attached hydrogens (tertiary/aromatic N) is 2. The summed E-state index contributed by atoms with van der Waals surface area (Å²) in [5, 5.41) is 3.36. The second-order valence-electron chi connectivity index (χ2n) is 6.13. The molecule has 2 aromatic carbocycles. The first kappa shape index (κ1) is 17.7. The molecule has 0 unspecified atom stereocenters. The zero-order chi connectivity index (χ0) is 18.4. The van der Waals surface area contributed by atoms with Crippen molar-refractivity contribution < 1.29 is 4.79 Å². The maximum atomic E-state index is 12.9. The van der Waals surface area contributed by atoms with Gasteiger partial charge in [-0.25, -0.2) is 0 Å². The van der Waals surface area contributed by atoms with Crippen molar-refractivity contribution in [2.45, 2.75) is 20.4 Å². The van der Waals surface area contributed by atoms with Crippen LogP contribution in [0, 0.1) is 6.92 Å². The lowest BCUT2D eigenvalue weighted by Gasteiger charge is -2.21. The number of nitrogens with one attached hydrogen (secondary N) is 1.